The summed E-state index contributed by atoms with van der Waals surface area (Å²) < 4.78 is 7.39. The number of aryl methyl sites for hydroxylation is 1. The molecule has 2 aliphatic rings. The van der Waals surface area contributed by atoms with Crippen molar-refractivity contribution in [3.05, 3.63) is 18.0 Å². The van der Waals surface area contributed by atoms with E-state index >= 15 is 0 Å². The van der Waals surface area contributed by atoms with Crippen LogP contribution in [0.5, 0.6) is 0 Å². The number of likely N-dealkylation sites (tertiary alicyclic amines) is 1. The number of ether oxygens (including phenoxy) is 1. The summed E-state index contributed by atoms with van der Waals surface area (Å²) in [6.45, 7) is 4.67. The maximum atomic E-state index is 12.2. The van der Waals surface area contributed by atoms with E-state index in [4.69, 9.17) is 4.74 Å². The van der Waals surface area contributed by atoms with E-state index in [0.29, 0.717) is 37.7 Å². The molecule has 0 bridgehead atoms. The molecule has 1 N–H and O–H groups in total. The number of rotatable bonds is 5. The maximum absolute atomic E-state index is 12.2. The Labute approximate surface area is 136 Å². The van der Waals surface area contributed by atoms with Gasteiger partial charge in [-0.15, -0.1) is 0 Å². The molecule has 2 amide bonds. The molecule has 2 aliphatic heterocycles. The Balaban J connectivity index is 1.53. The predicted octanol–water partition coefficient (Wildman–Crippen LogP) is 0.423. The van der Waals surface area contributed by atoms with Crippen LogP contribution in [0.2, 0.25) is 0 Å². The quantitative estimate of drug-likeness (QED) is 0.853. The Morgan fingerprint density at radius 1 is 1.43 bits per heavy atom. The summed E-state index contributed by atoms with van der Waals surface area (Å²) in [5.41, 5.74) is 0.548. The molecule has 23 heavy (non-hydrogen) atoms. The van der Waals surface area contributed by atoms with Crippen LogP contribution >= 0.6 is 0 Å². The SMILES string of the molecule is CCCC(=O)N1C[C@@H]2[C@H](CNC(=O)c3ccnn3C)CO[C@@H]2C1. The van der Waals surface area contributed by atoms with Gasteiger partial charge in [0.2, 0.25) is 5.91 Å². The van der Waals surface area contributed by atoms with E-state index in [1.807, 2.05) is 11.8 Å². The number of amides is 2. The van der Waals surface area contributed by atoms with Crippen molar-refractivity contribution >= 4 is 11.8 Å². The first-order valence-electron chi connectivity index (χ1n) is 8.25. The van der Waals surface area contributed by atoms with Crippen molar-refractivity contribution in [2.45, 2.75) is 25.9 Å². The third kappa shape index (κ3) is 3.24. The van der Waals surface area contributed by atoms with Gasteiger partial charge in [0, 0.05) is 51.1 Å². The molecule has 0 aromatic carbocycles. The minimum absolute atomic E-state index is 0.120. The van der Waals surface area contributed by atoms with Crippen LogP contribution in [-0.2, 0) is 16.6 Å². The Morgan fingerprint density at radius 2 is 2.26 bits per heavy atom. The lowest BCUT2D eigenvalue weighted by atomic mass is 9.93. The molecule has 7 heteroatoms. The highest BCUT2D eigenvalue weighted by atomic mass is 16.5. The molecule has 0 radical (unpaired) electrons. The molecule has 3 atom stereocenters. The molecular weight excluding hydrogens is 296 g/mol. The molecule has 0 aliphatic carbocycles. The number of carbonyl (C=O) groups excluding carboxylic acids is 2. The van der Waals surface area contributed by atoms with Gasteiger partial charge in [0.25, 0.3) is 5.91 Å². The van der Waals surface area contributed by atoms with E-state index in [0.717, 1.165) is 13.0 Å². The van der Waals surface area contributed by atoms with Crippen LogP contribution in [0.4, 0.5) is 0 Å². The Bertz CT molecular complexity index is 586. The summed E-state index contributed by atoms with van der Waals surface area (Å²) in [6.07, 6.45) is 3.20. The fraction of sp³-hybridized carbons (Fsp3) is 0.688. The van der Waals surface area contributed by atoms with E-state index < -0.39 is 0 Å². The molecule has 1 aromatic heterocycles. The van der Waals surface area contributed by atoms with Gasteiger partial charge in [-0.3, -0.25) is 14.3 Å². The summed E-state index contributed by atoms with van der Waals surface area (Å²) in [4.78, 5) is 26.1. The van der Waals surface area contributed by atoms with E-state index in [2.05, 4.69) is 10.4 Å². The summed E-state index contributed by atoms with van der Waals surface area (Å²) >= 11 is 0. The van der Waals surface area contributed by atoms with Crippen LogP contribution < -0.4 is 5.32 Å². The highest BCUT2D eigenvalue weighted by Crippen LogP contribution is 2.33. The molecule has 0 unspecified atom stereocenters. The van der Waals surface area contributed by atoms with E-state index in [1.165, 1.54) is 0 Å². The van der Waals surface area contributed by atoms with Gasteiger partial charge in [-0.05, 0) is 12.5 Å². The Kier molecular flexibility index (Phi) is 4.66. The second-order valence-corrected chi connectivity index (χ2v) is 6.39. The van der Waals surface area contributed by atoms with E-state index in [1.54, 1.807) is 24.0 Å². The number of fused-ring (bicyclic) bond motifs is 1. The van der Waals surface area contributed by atoms with Gasteiger partial charge >= 0.3 is 0 Å². The average Bonchev–Trinajstić information content (AvgIpc) is 3.20. The van der Waals surface area contributed by atoms with Crippen LogP contribution in [-0.4, -0.2) is 58.8 Å². The van der Waals surface area contributed by atoms with Crippen LogP contribution in [0.3, 0.4) is 0 Å². The lowest BCUT2D eigenvalue weighted by Gasteiger charge is -2.20. The number of carbonyl (C=O) groups is 2. The largest absolute Gasteiger partial charge is 0.376 e. The van der Waals surface area contributed by atoms with Gasteiger partial charge in [0.1, 0.15) is 5.69 Å². The zero-order valence-electron chi connectivity index (χ0n) is 13.7. The summed E-state index contributed by atoms with van der Waals surface area (Å²) in [5, 5.41) is 6.97. The third-order valence-corrected chi connectivity index (χ3v) is 4.83. The first-order chi connectivity index (χ1) is 11.1. The van der Waals surface area contributed by atoms with Crippen molar-refractivity contribution in [2.24, 2.45) is 18.9 Å². The summed E-state index contributed by atoms with van der Waals surface area (Å²) in [7, 11) is 1.75. The van der Waals surface area contributed by atoms with Crippen molar-refractivity contribution in [3.63, 3.8) is 0 Å². The fourth-order valence-electron chi connectivity index (χ4n) is 3.50. The highest BCUT2D eigenvalue weighted by molar-refractivity contribution is 5.92. The second-order valence-electron chi connectivity index (χ2n) is 6.39. The fourth-order valence-corrected chi connectivity index (χ4v) is 3.50. The lowest BCUT2D eigenvalue weighted by molar-refractivity contribution is -0.131. The average molecular weight is 320 g/mol. The number of hydrogen-bond acceptors (Lipinski definition) is 4. The van der Waals surface area contributed by atoms with Crippen LogP contribution in [0.15, 0.2) is 12.3 Å². The first-order valence-corrected chi connectivity index (χ1v) is 8.25. The van der Waals surface area contributed by atoms with Crippen LogP contribution in [0.25, 0.3) is 0 Å². The van der Waals surface area contributed by atoms with Crippen molar-refractivity contribution in [1.82, 2.24) is 20.0 Å². The second kappa shape index (κ2) is 6.70. The minimum atomic E-state index is -0.120. The third-order valence-electron chi connectivity index (χ3n) is 4.83. The van der Waals surface area contributed by atoms with Gasteiger partial charge in [0.05, 0.1) is 12.7 Å². The molecule has 1 aromatic rings. The number of nitrogens with one attached hydrogen (secondary N) is 1. The van der Waals surface area contributed by atoms with Gasteiger partial charge in [-0.1, -0.05) is 6.92 Å². The van der Waals surface area contributed by atoms with Crippen molar-refractivity contribution in [3.8, 4) is 0 Å². The molecule has 7 nitrogen and oxygen atoms in total. The van der Waals surface area contributed by atoms with Crippen LogP contribution in [0, 0.1) is 11.8 Å². The van der Waals surface area contributed by atoms with Gasteiger partial charge in [-0.2, -0.15) is 5.10 Å². The van der Waals surface area contributed by atoms with E-state index in [9.17, 15) is 9.59 Å². The number of hydrogen-bond donors (Lipinski definition) is 1. The topological polar surface area (TPSA) is 76.5 Å². The first kappa shape index (κ1) is 16.0. The standard InChI is InChI=1S/C16H24N4O3/c1-3-4-15(21)20-8-12-11(10-23-14(12)9-20)7-17-16(22)13-5-6-18-19(13)2/h5-6,11-12,14H,3-4,7-10H2,1-2H3,(H,17,22)/t11-,12-,14-/m1/s1. The molecule has 0 spiro atoms. The summed E-state index contributed by atoms with van der Waals surface area (Å²) in [5.74, 6) is 0.674. The minimum Gasteiger partial charge on any atom is -0.376 e. The van der Waals surface area contributed by atoms with Crippen molar-refractivity contribution in [2.75, 3.05) is 26.2 Å². The monoisotopic (exact) mass is 320 g/mol. The molecule has 0 saturated carbocycles. The Hall–Kier alpha value is -1.89. The molecule has 2 fully saturated rings. The van der Waals surface area contributed by atoms with Crippen LogP contribution in [0.1, 0.15) is 30.3 Å². The maximum Gasteiger partial charge on any atom is 0.269 e. The normalized spacial score (nSPS) is 26.3. The highest BCUT2D eigenvalue weighted by Gasteiger charge is 2.44. The van der Waals surface area contributed by atoms with Crippen molar-refractivity contribution < 1.29 is 14.3 Å². The van der Waals surface area contributed by atoms with Crippen molar-refractivity contribution in [1.29, 1.82) is 0 Å². The molecule has 3 rings (SSSR count). The summed E-state index contributed by atoms with van der Waals surface area (Å²) in [6, 6.07) is 1.70. The molecule has 2 saturated heterocycles. The number of nitrogens with zero attached hydrogens (tertiary/aromatic N) is 3. The molecular formula is C16H24N4O3. The molecule has 126 valence electrons. The van der Waals surface area contributed by atoms with Gasteiger partial charge in [0.15, 0.2) is 0 Å². The predicted molar refractivity (Wildman–Crippen MR) is 83.7 cm³/mol. The Morgan fingerprint density at radius 3 is 2.96 bits per heavy atom. The van der Waals surface area contributed by atoms with Gasteiger partial charge < -0.3 is 15.0 Å². The zero-order chi connectivity index (χ0) is 16.4. The smallest absolute Gasteiger partial charge is 0.269 e. The van der Waals surface area contributed by atoms with E-state index in [-0.39, 0.29) is 23.8 Å². The zero-order valence-corrected chi connectivity index (χ0v) is 13.7. The van der Waals surface area contributed by atoms with Gasteiger partial charge in [-0.25, -0.2) is 0 Å². The molecule has 3 heterocycles. The number of aromatic nitrogens is 2. The lowest BCUT2D eigenvalue weighted by Crippen LogP contribution is -2.35.